The number of rotatable bonds is 4. The monoisotopic (exact) mass is 263 g/mol. The van der Waals surface area contributed by atoms with E-state index in [0.717, 1.165) is 11.3 Å². The molecule has 1 aromatic rings. The maximum atomic E-state index is 11.5. The van der Waals surface area contributed by atoms with Gasteiger partial charge in [0.05, 0.1) is 12.3 Å². The number of carbonyl (C=O) groups excluding carboxylic acids is 1. The summed E-state index contributed by atoms with van der Waals surface area (Å²) in [6.07, 6.45) is 0. The van der Waals surface area contributed by atoms with Gasteiger partial charge in [-0.3, -0.25) is 4.79 Å². The van der Waals surface area contributed by atoms with Crippen molar-refractivity contribution in [2.24, 2.45) is 5.10 Å². The first-order chi connectivity index (χ1) is 9.06. The number of benzene rings is 1. The van der Waals surface area contributed by atoms with E-state index in [0.29, 0.717) is 18.0 Å². The Balaban J connectivity index is 2.03. The quantitative estimate of drug-likeness (QED) is 0.645. The largest absolute Gasteiger partial charge is 0.454 e. The highest BCUT2D eigenvalue weighted by molar-refractivity contribution is 5.99. The summed E-state index contributed by atoms with van der Waals surface area (Å²) >= 11 is 0. The number of nitrogens with zero attached hydrogens (tertiary/aromatic N) is 2. The molecule has 2 rings (SSSR count). The first-order valence-corrected chi connectivity index (χ1v) is 5.94. The minimum atomic E-state index is -0.148. The first kappa shape index (κ1) is 13.4. The second-order valence-corrected chi connectivity index (χ2v) is 4.54. The zero-order chi connectivity index (χ0) is 13.8. The molecule has 0 unspecified atom stereocenters. The zero-order valence-corrected chi connectivity index (χ0v) is 11.3. The fraction of sp³-hybridized carbons (Fsp3) is 0.385. The highest BCUT2D eigenvalue weighted by atomic mass is 16.7. The number of hydrogen-bond acceptors (Lipinski definition) is 5. The molecule has 19 heavy (non-hydrogen) atoms. The van der Waals surface area contributed by atoms with Crippen LogP contribution in [0.2, 0.25) is 0 Å². The van der Waals surface area contributed by atoms with Crippen molar-refractivity contribution in [2.75, 3.05) is 27.4 Å². The van der Waals surface area contributed by atoms with E-state index >= 15 is 0 Å². The highest BCUT2D eigenvalue weighted by Crippen LogP contribution is 2.32. The number of ether oxygens (including phenoxy) is 2. The number of amides is 1. The van der Waals surface area contributed by atoms with Crippen LogP contribution >= 0.6 is 0 Å². The first-order valence-electron chi connectivity index (χ1n) is 5.94. The van der Waals surface area contributed by atoms with Gasteiger partial charge in [-0.15, -0.1) is 0 Å². The molecule has 0 radical (unpaired) electrons. The van der Waals surface area contributed by atoms with E-state index in [4.69, 9.17) is 9.47 Å². The van der Waals surface area contributed by atoms with Crippen LogP contribution in [0.3, 0.4) is 0 Å². The van der Waals surface area contributed by atoms with Gasteiger partial charge in [0.1, 0.15) is 0 Å². The Labute approximate surface area is 112 Å². The number of nitrogens with one attached hydrogen (secondary N) is 1. The van der Waals surface area contributed by atoms with Crippen molar-refractivity contribution in [3.63, 3.8) is 0 Å². The fourth-order valence-electron chi connectivity index (χ4n) is 1.65. The lowest BCUT2D eigenvalue weighted by Gasteiger charge is -2.08. The van der Waals surface area contributed by atoms with E-state index in [1.165, 1.54) is 0 Å². The summed E-state index contributed by atoms with van der Waals surface area (Å²) in [5.74, 6) is 1.28. The van der Waals surface area contributed by atoms with E-state index in [1.807, 2.05) is 39.2 Å². The van der Waals surface area contributed by atoms with Crippen molar-refractivity contribution >= 4 is 11.6 Å². The van der Waals surface area contributed by atoms with Crippen LogP contribution in [0.25, 0.3) is 0 Å². The van der Waals surface area contributed by atoms with Crippen LogP contribution in [-0.2, 0) is 4.79 Å². The van der Waals surface area contributed by atoms with Gasteiger partial charge in [0.15, 0.2) is 11.5 Å². The predicted octanol–water partition coefficient (Wildman–Crippen LogP) is 0.817. The highest BCUT2D eigenvalue weighted by Gasteiger charge is 2.14. The molecule has 0 fully saturated rings. The molecule has 0 aliphatic carbocycles. The van der Waals surface area contributed by atoms with Gasteiger partial charge in [-0.25, -0.2) is 5.43 Å². The molecule has 0 saturated carbocycles. The Morgan fingerprint density at radius 2 is 2.11 bits per heavy atom. The number of hydrazone groups is 1. The normalized spacial score (nSPS) is 13.8. The average Bonchev–Trinajstić information content (AvgIpc) is 2.82. The molecule has 1 aliphatic heterocycles. The zero-order valence-electron chi connectivity index (χ0n) is 11.3. The molecule has 1 aromatic carbocycles. The standard InChI is InChI=1S/C13H17N3O3/c1-9(14-15-13(17)7-16(2)3)10-4-5-11-12(6-10)19-8-18-11/h4-6H,7-8H2,1-3H3,(H,15,17). The summed E-state index contributed by atoms with van der Waals surface area (Å²) in [4.78, 5) is 13.3. The van der Waals surface area contributed by atoms with Gasteiger partial charge in [-0.1, -0.05) is 0 Å². The molecule has 0 aromatic heterocycles. The van der Waals surface area contributed by atoms with E-state index in [9.17, 15) is 4.79 Å². The molecule has 1 N–H and O–H groups in total. The molecular weight excluding hydrogens is 246 g/mol. The van der Waals surface area contributed by atoms with Crippen molar-refractivity contribution in [2.45, 2.75) is 6.92 Å². The van der Waals surface area contributed by atoms with Crippen molar-refractivity contribution in [1.29, 1.82) is 0 Å². The van der Waals surface area contributed by atoms with Crippen molar-refractivity contribution in [1.82, 2.24) is 10.3 Å². The maximum Gasteiger partial charge on any atom is 0.254 e. The molecular formula is C13H17N3O3. The van der Waals surface area contributed by atoms with E-state index in [-0.39, 0.29) is 12.7 Å². The number of hydrogen-bond donors (Lipinski definition) is 1. The molecule has 6 heteroatoms. The Morgan fingerprint density at radius 3 is 2.84 bits per heavy atom. The molecule has 1 heterocycles. The summed E-state index contributed by atoms with van der Waals surface area (Å²) in [6.45, 7) is 2.37. The predicted molar refractivity (Wildman–Crippen MR) is 71.5 cm³/mol. The van der Waals surface area contributed by atoms with Crippen LogP contribution in [0.4, 0.5) is 0 Å². The van der Waals surface area contributed by atoms with Crippen molar-refractivity contribution < 1.29 is 14.3 Å². The Morgan fingerprint density at radius 1 is 1.37 bits per heavy atom. The lowest BCUT2D eigenvalue weighted by Crippen LogP contribution is -2.30. The van der Waals surface area contributed by atoms with Crippen molar-refractivity contribution in [3.8, 4) is 11.5 Å². The smallest absolute Gasteiger partial charge is 0.254 e. The van der Waals surface area contributed by atoms with Crippen LogP contribution in [-0.4, -0.2) is 44.0 Å². The Bertz CT molecular complexity index is 512. The summed E-state index contributed by atoms with van der Waals surface area (Å²) in [7, 11) is 3.65. The molecule has 0 bridgehead atoms. The molecule has 1 amide bonds. The Hall–Kier alpha value is -2.08. The third kappa shape index (κ3) is 3.45. The molecule has 6 nitrogen and oxygen atoms in total. The summed E-state index contributed by atoms with van der Waals surface area (Å²) < 4.78 is 10.5. The van der Waals surface area contributed by atoms with Crippen LogP contribution in [0.15, 0.2) is 23.3 Å². The lowest BCUT2D eigenvalue weighted by molar-refractivity contribution is -0.121. The van der Waals surface area contributed by atoms with Crippen LogP contribution in [0, 0.1) is 0 Å². The molecule has 102 valence electrons. The SMILES string of the molecule is CC(=NNC(=O)CN(C)C)c1ccc2c(c1)OCO2. The number of carbonyl (C=O) groups is 1. The second-order valence-electron chi connectivity index (χ2n) is 4.54. The van der Waals surface area contributed by atoms with Gasteiger partial charge in [-0.05, 0) is 39.2 Å². The van der Waals surface area contributed by atoms with Gasteiger partial charge in [0.25, 0.3) is 5.91 Å². The molecule has 0 spiro atoms. The van der Waals surface area contributed by atoms with Gasteiger partial charge < -0.3 is 14.4 Å². The second kappa shape index (κ2) is 5.71. The third-order valence-electron chi connectivity index (χ3n) is 2.60. The molecule has 0 atom stereocenters. The fourth-order valence-corrected chi connectivity index (χ4v) is 1.65. The lowest BCUT2D eigenvalue weighted by atomic mass is 10.1. The Kier molecular flexibility index (Phi) is 4.01. The van der Waals surface area contributed by atoms with Gasteiger partial charge >= 0.3 is 0 Å². The topological polar surface area (TPSA) is 63.2 Å². The number of fused-ring (bicyclic) bond motifs is 1. The molecule has 1 aliphatic rings. The van der Waals surface area contributed by atoms with Gasteiger partial charge in [0, 0.05) is 5.56 Å². The maximum absolute atomic E-state index is 11.5. The van der Waals surface area contributed by atoms with Crippen molar-refractivity contribution in [3.05, 3.63) is 23.8 Å². The molecule has 0 saturated heterocycles. The summed E-state index contributed by atoms with van der Waals surface area (Å²) in [5.41, 5.74) is 4.11. The average molecular weight is 263 g/mol. The third-order valence-corrected chi connectivity index (χ3v) is 2.60. The minimum Gasteiger partial charge on any atom is -0.454 e. The van der Waals surface area contributed by atoms with E-state index < -0.39 is 0 Å². The van der Waals surface area contributed by atoms with Gasteiger partial charge in [-0.2, -0.15) is 5.10 Å². The van der Waals surface area contributed by atoms with Crippen LogP contribution < -0.4 is 14.9 Å². The summed E-state index contributed by atoms with van der Waals surface area (Å²) in [5, 5.41) is 4.07. The van der Waals surface area contributed by atoms with Crippen LogP contribution in [0.5, 0.6) is 11.5 Å². The van der Waals surface area contributed by atoms with E-state index in [2.05, 4.69) is 10.5 Å². The van der Waals surface area contributed by atoms with Gasteiger partial charge in [0.2, 0.25) is 6.79 Å². The number of likely N-dealkylation sites (N-methyl/N-ethyl adjacent to an activating group) is 1. The summed E-state index contributed by atoms with van der Waals surface area (Å²) in [6, 6.07) is 5.56. The van der Waals surface area contributed by atoms with E-state index in [1.54, 1.807) is 4.90 Å². The minimum absolute atomic E-state index is 0.148. The van der Waals surface area contributed by atoms with Crippen LogP contribution in [0.1, 0.15) is 12.5 Å².